The van der Waals surface area contributed by atoms with E-state index >= 15 is 0 Å². The molecule has 0 unspecified atom stereocenters. The number of hydrogen-bond acceptors (Lipinski definition) is 6. The maximum absolute atomic E-state index is 11.6. The van der Waals surface area contributed by atoms with Gasteiger partial charge in [0, 0.05) is 17.7 Å². The summed E-state index contributed by atoms with van der Waals surface area (Å²) in [5.41, 5.74) is 5.99. The summed E-state index contributed by atoms with van der Waals surface area (Å²) in [6.45, 7) is 0. The Morgan fingerprint density at radius 3 is 1.86 bits per heavy atom. The van der Waals surface area contributed by atoms with E-state index in [1.165, 1.54) is 36.4 Å². The highest BCUT2D eigenvalue weighted by molar-refractivity contribution is 7.80. The summed E-state index contributed by atoms with van der Waals surface area (Å²) in [6.07, 6.45) is -0.961. The van der Waals surface area contributed by atoms with Crippen molar-refractivity contribution in [3.05, 3.63) is 64.2 Å². The molecule has 0 bridgehead atoms. The van der Waals surface area contributed by atoms with E-state index in [2.05, 4.69) is 0 Å². The van der Waals surface area contributed by atoms with Crippen molar-refractivity contribution in [3.63, 3.8) is 0 Å². The molecule has 2 rings (SSSR count). The zero-order valence-corrected chi connectivity index (χ0v) is 11.9. The van der Waals surface area contributed by atoms with Crippen molar-refractivity contribution in [2.45, 2.75) is 0 Å². The fourth-order valence-corrected chi connectivity index (χ4v) is 1.67. The van der Waals surface area contributed by atoms with Crippen LogP contribution < -0.4 is 15.2 Å². The van der Waals surface area contributed by atoms with Crippen molar-refractivity contribution in [3.8, 4) is 11.5 Å². The molecular weight excluding hydrogens is 308 g/mol. The minimum absolute atomic E-state index is 0.103. The third-order valence-electron chi connectivity index (χ3n) is 2.59. The SMILES string of the molecule is NC(=S)c1ccc(OC(=O)Oc2ccc([N+](=O)[O-])cc2)cc1. The van der Waals surface area contributed by atoms with Crippen LogP contribution in [-0.2, 0) is 0 Å². The molecule has 7 nitrogen and oxygen atoms in total. The first-order chi connectivity index (χ1) is 10.5. The number of non-ortho nitro benzene ring substituents is 1. The number of benzene rings is 2. The lowest BCUT2D eigenvalue weighted by atomic mass is 10.2. The lowest BCUT2D eigenvalue weighted by molar-refractivity contribution is -0.384. The largest absolute Gasteiger partial charge is 0.519 e. The fourth-order valence-electron chi connectivity index (χ4n) is 1.54. The van der Waals surface area contributed by atoms with Crippen molar-refractivity contribution in [1.29, 1.82) is 0 Å². The van der Waals surface area contributed by atoms with Crippen molar-refractivity contribution in [2.24, 2.45) is 5.73 Å². The number of nitrogens with zero attached hydrogens (tertiary/aromatic N) is 1. The summed E-state index contributed by atoms with van der Waals surface area (Å²) >= 11 is 4.81. The average molecular weight is 318 g/mol. The molecule has 0 atom stereocenters. The number of ether oxygens (including phenoxy) is 2. The maximum atomic E-state index is 11.6. The van der Waals surface area contributed by atoms with Gasteiger partial charge in [-0.25, -0.2) is 4.79 Å². The quantitative estimate of drug-likeness (QED) is 0.304. The number of rotatable bonds is 4. The third-order valence-corrected chi connectivity index (χ3v) is 2.82. The third kappa shape index (κ3) is 4.00. The summed E-state index contributed by atoms with van der Waals surface area (Å²) < 4.78 is 9.85. The number of thiocarbonyl (C=S) groups is 1. The second-order valence-electron chi connectivity index (χ2n) is 4.09. The molecule has 2 N–H and O–H groups in total. The van der Waals surface area contributed by atoms with Crippen LogP contribution in [0.4, 0.5) is 10.5 Å². The van der Waals surface area contributed by atoms with Gasteiger partial charge in [0.2, 0.25) is 0 Å². The van der Waals surface area contributed by atoms with Crippen LogP contribution in [0.3, 0.4) is 0 Å². The van der Waals surface area contributed by atoms with Gasteiger partial charge in [-0.1, -0.05) is 12.2 Å². The average Bonchev–Trinajstić information content (AvgIpc) is 2.48. The van der Waals surface area contributed by atoms with Crippen LogP contribution in [0.2, 0.25) is 0 Å². The Labute approximate surface area is 130 Å². The van der Waals surface area contributed by atoms with Crippen molar-refractivity contribution >= 4 is 29.0 Å². The van der Waals surface area contributed by atoms with Crippen molar-refractivity contribution in [2.75, 3.05) is 0 Å². The Bertz CT molecular complexity index is 652. The molecule has 112 valence electrons. The lowest BCUT2D eigenvalue weighted by Gasteiger charge is -2.06. The molecule has 0 heterocycles. The second-order valence-corrected chi connectivity index (χ2v) is 4.53. The molecule has 2 aromatic rings. The highest BCUT2D eigenvalue weighted by Gasteiger charge is 2.10. The topological polar surface area (TPSA) is 105 Å². The van der Waals surface area contributed by atoms with Gasteiger partial charge in [0.15, 0.2) is 0 Å². The summed E-state index contributed by atoms with van der Waals surface area (Å²) in [4.78, 5) is 21.8. The zero-order valence-electron chi connectivity index (χ0n) is 11.1. The number of nitrogens with two attached hydrogens (primary N) is 1. The molecule has 0 saturated heterocycles. The first-order valence-electron chi connectivity index (χ1n) is 5.99. The van der Waals surface area contributed by atoms with Gasteiger partial charge < -0.3 is 15.2 Å². The van der Waals surface area contributed by atoms with E-state index in [9.17, 15) is 14.9 Å². The summed E-state index contributed by atoms with van der Waals surface area (Å²) in [5, 5.41) is 10.5. The van der Waals surface area contributed by atoms with E-state index in [-0.39, 0.29) is 22.2 Å². The summed E-state index contributed by atoms with van der Waals surface area (Å²) in [5.74, 6) is 0.391. The van der Waals surface area contributed by atoms with Crippen molar-refractivity contribution in [1.82, 2.24) is 0 Å². The number of carbonyl (C=O) groups is 1. The van der Waals surface area contributed by atoms with Gasteiger partial charge in [-0.3, -0.25) is 10.1 Å². The van der Waals surface area contributed by atoms with Gasteiger partial charge in [0.1, 0.15) is 16.5 Å². The highest BCUT2D eigenvalue weighted by atomic mass is 32.1. The van der Waals surface area contributed by atoms with E-state index in [1.807, 2.05) is 0 Å². The molecule has 0 spiro atoms. The van der Waals surface area contributed by atoms with Gasteiger partial charge in [0.05, 0.1) is 4.92 Å². The smallest absolute Gasteiger partial charge is 0.395 e. The zero-order chi connectivity index (χ0) is 16.1. The van der Waals surface area contributed by atoms with Gasteiger partial charge in [-0.05, 0) is 36.4 Å². The van der Waals surface area contributed by atoms with Crippen LogP contribution in [0, 0.1) is 10.1 Å². The molecule has 0 radical (unpaired) electrons. The standard InChI is InChI=1S/C14H10N2O5S/c15-13(22)9-1-5-11(6-2-9)20-14(17)21-12-7-3-10(4-8-12)16(18)19/h1-8H,(H2,15,22). The monoisotopic (exact) mass is 318 g/mol. The predicted octanol–water partition coefficient (Wildman–Crippen LogP) is 2.81. The van der Waals surface area contributed by atoms with E-state index < -0.39 is 11.1 Å². The van der Waals surface area contributed by atoms with Crippen LogP contribution in [0.5, 0.6) is 11.5 Å². The first kappa shape index (κ1) is 15.4. The molecule has 0 fully saturated rings. The minimum atomic E-state index is -0.961. The molecule has 0 aliphatic rings. The van der Waals surface area contributed by atoms with E-state index in [0.29, 0.717) is 5.56 Å². The Morgan fingerprint density at radius 1 is 1.00 bits per heavy atom. The molecule has 0 amide bonds. The van der Waals surface area contributed by atoms with Crippen LogP contribution >= 0.6 is 12.2 Å². The molecular formula is C14H10N2O5S. The minimum Gasteiger partial charge on any atom is -0.395 e. The van der Waals surface area contributed by atoms with Gasteiger partial charge in [0.25, 0.3) is 5.69 Å². The van der Waals surface area contributed by atoms with Crippen LogP contribution in [0.15, 0.2) is 48.5 Å². The molecule has 0 aliphatic carbocycles. The predicted molar refractivity (Wildman–Crippen MR) is 82.1 cm³/mol. The van der Waals surface area contributed by atoms with Crippen molar-refractivity contribution < 1.29 is 19.2 Å². The van der Waals surface area contributed by atoms with E-state index in [1.54, 1.807) is 12.1 Å². The molecule has 2 aromatic carbocycles. The Kier molecular flexibility index (Phi) is 4.64. The van der Waals surface area contributed by atoms with Crippen LogP contribution in [0.1, 0.15) is 5.56 Å². The normalized spacial score (nSPS) is 9.82. The number of carbonyl (C=O) groups excluding carboxylic acids is 1. The molecule has 0 saturated carbocycles. The van der Waals surface area contributed by atoms with Gasteiger partial charge in [-0.2, -0.15) is 0 Å². The van der Waals surface area contributed by atoms with E-state index in [0.717, 1.165) is 0 Å². The van der Waals surface area contributed by atoms with Gasteiger partial charge >= 0.3 is 6.16 Å². The molecule has 8 heteroatoms. The number of nitro benzene ring substituents is 1. The Hall–Kier alpha value is -3.00. The summed E-state index contributed by atoms with van der Waals surface area (Å²) in [7, 11) is 0. The Balaban J connectivity index is 1.97. The van der Waals surface area contributed by atoms with Gasteiger partial charge in [-0.15, -0.1) is 0 Å². The number of hydrogen-bond donors (Lipinski definition) is 1. The second kappa shape index (κ2) is 6.64. The maximum Gasteiger partial charge on any atom is 0.519 e. The Morgan fingerprint density at radius 2 is 1.45 bits per heavy atom. The van der Waals surface area contributed by atoms with Crippen LogP contribution in [0.25, 0.3) is 0 Å². The lowest BCUT2D eigenvalue weighted by Crippen LogP contribution is -2.14. The molecule has 0 aromatic heterocycles. The summed E-state index contributed by atoms with van der Waals surface area (Å²) in [6, 6.07) is 11.3. The number of nitro groups is 1. The molecule has 22 heavy (non-hydrogen) atoms. The van der Waals surface area contributed by atoms with E-state index in [4.69, 9.17) is 27.4 Å². The van der Waals surface area contributed by atoms with Crippen LogP contribution in [-0.4, -0.2) is 16.1 Å². The highest BCUT2D eigenvalue weighted by Crippen LogP contribution is 2.19. The fraction of sp³-hybridized carbons (Fsp3) is 0. The first-order valence-corrected chi connectivity index (χ1v) is 6.40. The molecule has 0 aliphatic heterocycles.